The molecular formula is C12H9ClFN3O2. The molecule has 0 spiro atoms. The summed E-state index contributed by atoms with van der Waals surface area (Å²) in [4.78, 5) is 19.2. The molecule has 0 aliphatic carbocycles. The quantitative estimate of drug-likeness (QED) is 0.877. The van der Waals surface area contributed by atoms with Gasteiger partial charge >= 0.3 is 5.97 Å². The molecule has 2 rings (SSSR count). The van der Waals surface area contributed by atoms with E-state index in [9.17, 15) is 9.18 Å². The van der Waals surface area contributed by atoms with Crippen LogP contribution in [-0.2, 0) is 4.74 Å². The van der Waals surface area contributed by atoms with Crippen molar-refractivity contribution in [1.29, 1.82) is 0 Å². The average molecular weight is 282 g/mol. The largest absolute Gasteiger partial charge is 0.465 e. The van der Waals surface area contributed by atoms with Gasteiger partial charge in [0.1, 0.15) is 23.5 Å². The van der Waals surface area contributed by atoms with Crippen LogP contribution in [0.2, 0.25) is 5.02 Å². The topological polar surface area (TPSA) is 64.1 Å². The number of methoxy groups -OCH3 is 1. The molecular weight excluding hydrogens is 273 g/mol. The van der Waals surface area contributed by atoms with Gasteiger partial charge < -0.3 is 10.1 Å². The fraction of sp³-hybridized carbons (Fsp3) is 0.0833. The number of anilines is 2. The zero-order valence-corrected chi connectivity index (χ0v) is 10.6. The summed E-state index contributed by atoms with van der Waals surface area (Å²) < 4.78 is 17.8. The van der Waals surface area contributed by atoms with Crippen LogP contribution in [-0.4, -0.2) is 23.0 Å². The van der Waals surface area contributed by atoms with Gasteiger partial charge in [0.25, 0.3) is 0 Å². The first-order valence-corrected chi connectivity index (χ1v) is 5.59. The number of nitrogens with one attached hydrogen (secondary N) is 1. The molecule has 1 N–H and O–H groups in total. The lowest BCUT2D eigenvalue weighted by molar-refractivity contribution is 0.0601. The molecule has 0 aliphatic heterocycles. The van der Waals surface area contributed by atoms with E-state index in [4.69, 9.17) is 11.6 Å². The fourth-order valence-corrected chi connectivity index (χ4v) is 1.67. The lowest BCUT2D eigenvalue weighted by Gasteiger charge is -2.09. The second-order valence-corrected chi connectivity index (χ2v) is 4.00. The Balaban J connectivity index is 2.35. The third-order valence-electron chi connectivity index (χ3n) is 2.24. The minimum Gasteiger partial charge on any atom is -0.465 e. The van der Waals surface area contributed by atoms with Crippen LogP contribution in [0.25, 0.3) is 0 Å². The van der Waals surface area contributed by atoms with Crippen molar-refractivity contribution in [3.8, 4) is 0 Å². The van der Waals surface area contributed by atoms with Gasteiger partial charge in [0, 0.05) is 16.9 Å². The Morgan fingerprint density at radius 3 is 2.89 bits per heavy atom. The van der Waals surface area contributed by atoms with Gasteiger partial charge in [-0.05, 0) is 18.2 Å². The summed E-state index contributed by atoms with van der Waals surface area (Å²) in [7, 11) is 1.25. The molecule has 7 heteroatoms. The number of nitrogens with zero attached hydrogens (tertiary/aromatic N) is 2. The summed E-state index contributed by atoms with van der Waals surface area (Å²) in [6.07, 6.45) is 2.57. The number of rotatable bonds is 3. The Hall–Kier alpha value is -2.21. The number of aromatic nitrogens is 2. The van der Waals surface area contributed by atoms with E-state index in [0.29, 0.717) is 5.69 Å². The average Bonchev–Trinajstić information content (AvgIpc) is 2.37. The molecule has 98 valence electrons. The van der Waals surface area contributed by atoms with Crippen molar-refractivity contribution < 1.29 is 13.9 Å². The van der Waals surface area contributed by atoms with Crippen LogP contribution in [0.3, 0.4) is 0 Å². The van der Waals surface area contributed by atoms with Crippen LogP contribution in [0.4, 0.5) is 15.9 Å². The molecule has 0 saturated heterocycles. The highest BCUT2D eigenvalue weighted by Gasteiger charge is 2.13. The summed E-state index contributed by atoms with van der Waals surface area (Å²) in [5, 5.41) is 3.03. The van der Waals surface area contributed by atoms with Gasteiger partial charge in [-0.3, -0.25) is 0 Å². The Labute approximate surface area is 113 Å². The van der Waals surface area contributed by atoms with E-state index in [1.807, 2.05) is 0 Å². The van der Waals surface area contributed by atoms with Crippen LogP contribution in [0.15, 0.2) is 30.7 Å². The summed E-state index contributed by atoms with van der Waals surface area (Å²) in [5.41, 5.74) is 0.513. The first kappa shape index (κ1) is 13.2. The minimum atomic E-state index is -0.592. The molecule has 0 amide bonds. The standard InChI is InChI=1S/C12H9ClFN3O2/c1-19-12(18)10-5-15-6-16-11(10)17-9-3-7(13)2-8(14)4-9/h2-6H,1H3,(H,15,16,17). The Bertz CT molecular complexity index is 601. The summed E-state index contributed by atoms with van der Waals surface area (Å²) in [6, 6.07) is 3.91. The van der Waals surface area contributed by atoms with E-state index in [2.05, 4.69) is 20.0 Å². The van der Waals surface area contributed by atoms with Crippen molar-refractivity contribution in [3.05, 3.63) is 47.1 Å². The maximum atomic E-state index is 13.2. The molecule has 1 aromatic heterocycles. The smallest absolute Gasteiger partial charge is 0.343 e. The molecule has 0 aliphatic rings. The second kappa shape index (κ2) is 5.62. The molecule has 5 nitrogen and oxygen atoms in total. The van der Waals surface area contributed by atoms with Crippen LogP contribution >= 0.6 is 11.6 Å². The Morgan fingerprint density at radius 1 is 1.42 bits per heavy atom. The Morgan fingerprint density at radius 2 is 2.21 bits per heavy atom. The van der Waals surface area contributed by atoms with E-state index < -0.39 is 11.8 Å². The van der Waals surface area contributed by atoms with Gasteiger partial charge in [0.2, 0.25) is 0 Å². The monoisotopic (exact) mass is 281 g/mol. The van der Waals surface area contributed by atoms with Crippen LogP contribution < -0.4 is 5.32 Å². The van der Waals surface area contributed by atoms with E-state index in [1.165, 1.54) is 37.8 Å². The van der Waals surface area contributed by atoms with Crippen molar-refractivity contribution in [3.63, 3.8) is 0 Å². The number of halogens is 2. The normalized spacial score (nSPS) is 10.1. The zero-order valence-electron chi connectivity index (χ0n) is 9.85. The number of carbonyl (C=O) groups excluding carboxylic acids is 1. The zero-order chi connectivity index (χ0) is 13.8. The Kier molecular flexibility index (Phi) is 3.91. The predicted molar refractivity (Wildman–Crippen MR) is 68.1 cm³/mol. The van der Waals surface area contributed by atoms with Crippen molar-refractivity contribution >= 4 is 29.1 Å². The van der Waals surface area contributed by atoms with Crippen molar-refractivity contribution in [1.82, 2.24) is 9.97 Å². The lowest BCUT2D eigenvalue weighted by atomic mass is 10.2. The predicted octanol–water partition coefficient (Wildman–Crippen LogP) is 2.80. The molecule has 0 saturated carbocycles. The highest BCUT2D eigenvalue weighted by Crippen LogP contribution is 2.22. The van der Waals surface area contributed by atoms with Gasteiger partial charge in [-0.1, -0.05) is 11.6 Å². The van der Waals surface area contributed by atoms with Crippen molar-refractivity contribution in [2.24, 2.45) is 0 Å². The SMILES string of the molecule is COC(=O)c1cncnc1Nc1cc(F)cc(Cl)c1. The summed E-state index contributed by atoms with van der Waals surface area (Å²) >= 11 is 5.74. The highest BCUT2D eigenvalue weighted by atomic mass is 35.5. The maximum absolute atomic E-state index is 13.2. The van der Waals surface area contributed by atoms with E-state index in [-0.39, 0.29) is 16.4 Å². The number of esters is 1. The first-order valence-electron chi connectivity index (χ1n) is 5.21. The third kappa shape index (κ3) is 3.17. The molecule has 0 bridgehead atoms. The van der Waals surface area contributed by atoms with Gasteiger partial charge in [-0.25, -0.2) is 19.2 Å². The number of benzene rings is 1. The van der Waals surface area contributed by atoms with Gasteiger partial charge in [0.05, 0.1) is 7.11 Å². The van der Waals surface area contributed by atoms with Crippen LogP contribution in [0.1, 0.15) is 10.4 Å². The number of hydrogen-bond donors (Lipinski definition) is 1. The van der Waals surface area contributed by atoms with Gasteiger partial charge in [-0.2, -0.15) is 0 Å². The molecule has 1 heterocycles. The second-order valence-electron chi connectivity index (χ2n) is 3.56. The lowest BCUT2D eigenvalue weighted by Crippen LogP contribution is -2.08. The molecule has 0 fully saturated rings. The van der Waals surface area contributed by atoms with Crippen LogP contribution in [0, 0.1) is 5.82 Å². The maximum Gasteiger partial charge on any atom is 0.343 e. The minimum absolute atomic E-state index is 0.144. The van der Waals surface area contributed by atoms with Crippen molar-refractivity contribution in [2.45, 2.75) is 0 Å². The van der Waals surface area contributed by atoms with E-state index in [0.717, 1.165) is 0 Å². The molecule has 19 heavy (non-hydrogen) atoms. The van der Waals surface area contributed by atoms with E-state index >= 15 is 0 Å². The molecule has 0 radical (unpaired) electrons. The third-order valence-corrected chi connectivity index (χ3v) is 2.46. The van der Waals surface area contributed by atoms with Crippen LogP contribution in [0.5, 0.6) is 0 Å². The van der Waals surface area contributed by atoms with Crippen molar-refractivity contribution in [2.75, 3.05) is 12.4 Å². The molecule has 0 atom stereocenters. The number of hydrogen-bond acceptors (Lipinski definition) is 5. The fourth-order valence-electron chi connectivity index (χ4n) is 1.45. The number of carbonyl (C=O) groups is 1. The number of ether oxygens (including phenoxy) is 1. The highest BCUT2D eigenvalue weighted by molar-refractivity contribution is 6.30. The molecule has 1 aromatic carbocycles. The van der Waals surface area contributed by atoms with Gasteiger partial charge in [0.15, 0.2) is 0 Å². The first-order chi connectivity index (χ1) is 9.10. The van der Waals surface area contributed by atoms with E-state index in [1.54, 1.807) is 0 Å². The molecule has 0 unspecified atom stereocenters. The summed E-state index contributed by atoms with van der Waals surface area (Å²) in [5.74, 6) is -0.877. The summed E-state index contributed by atoms with van der Waals surface area (Å²) in [6.45, 7) is 0. The molecule has 2 aromatic rings. The van der Waals surface area contributed by atoms with Gasteiger partial charge in [-0.15, -0.1) is 0 Å².